The van der Waals surface area contributed by atoms with Crippen molar-refractivity contribution in [2.24, 2.45) is 0 Å². The van der Waals surface area contributed by atoms with E-state index < -0.39 is 7.92 Å². The van der Waals surface area contributed by atoms with Gasteiger partial charge in [0.1, 0.15) is 28.7 Å². The molecule has 0 unspecified atom stereocenters. The number of rotatable bonds is 7. The van der Waals surface area contributed by atoms with Crippen molar-refractivity contribution in [3.05, 3.63) is 72.3 Å². The van der Waals surface area contributed by atoms with E-state index in [9.17, 15) is 5.11 Å². The lowest BCUT2D eigenvalue weighted by Crippen LogP contribution is -2.26. The van der Waals surface area contributed by atoms with Crippen LogP contribution in [0.15, 0.2) is 66.7 Å². The fourth-order valence-corrected chi connectivity index (χ4v) is 6.96. The predicted molar refractivity (Wildman–Crippen MR) is 135 cm³/mol. The average Bonchev–Trinajstić information content (AvgIpc) is 2.85. The molecular formula is C27H27O5P. The molecule has 0 bridgehead atoms. The molecule has 5 nitrogen and oxygen atoms in total. The number of methoxy groups -OCH3 is 4. The monoisotopic (exact) mass is 462 g/mol. The van der Waals surface area contributed by atoms with Crippen molar-refractivity contribution >= 4 is 34.6 Å². The lowest BCUT2D eigenvalue weighted by atomic mass is 10.0. The van der Waals surface area contributed by atoms with Gasteiger partial charge < -0.3 is 24.1 Å². The molecule has 4 rings (SSSR count). The normalized spacial score (nSPS) is 11.0. The van der Waals surface area contributed by atoms with Crippen molar-refractivity contribution in [2.45, 2.75) is 6.92 Å². The Labute approximate surface area is 195 Å². The van der Waals surface area contributed by atoms with E-state index in [4.69, 9.17) is 18.9 Å². The van der Waals surface area contributed by atoms with Gasteiger partial charge >= 0.3 is 0 Å². The SMILES string of the molecule is COc1cccc(OC)c1P(c1ccc2cccc(C)c2c1O)c1c(OC)cccc1OC. The van der Waals surface area contributed by atoms with Crippen LogP contribution in [0.5, 0.6) is 28.7 Å². The van der Waals surface area contributed by atoms with Gasteiger partial charge in [-0.25, -0.2) is 0 Å². The number of aromatic hydroxyl groups is 1. The lowest BCUT2D eigenvalue weighted by molar-refractivity contribution is 0.399. The van der Waals surface area contributed by atoms with E-state index in [2.05, 4.69) is 0 Å². The third kappa shape index (κ3) is 3.94. The first-order valence-corrected chi connectivity index (χ1v) is 11.8. The smallest absolute Gasteiger partial charge is 0.131 e. The molecule has 0 aliphatic carbocycles. The van der Waals surface area contributed by atoms with Crippen LogP contribution in [0.2, 0.25) is 0 Å². The zero-order valence-corrected chi connectivity index (χ0v) is 20.3. The molecule has 6 heteroatoms. The first-order chi connectivity index (χ1) is 16.0. The van der Waals surface area contributed by atoms with E-state index in [-0.39, 0.29) is 5.75 Å². The van der Waals surface area contributed by atoms with Gasteiger partial charge in [-0.1, -0.05) is 36.4 Å². The summed E-state index contributed by atoms with van der Waals surface area (Å²) < 4.78 is 23.1. The molecule has 0 aliphatic rings. The largest absolute Gasteiger partial charge is 0.507 e. The molecule has 170 valence electrons. The predicted octanol–water partition coefficient (Wildman–Crippen LogP) is 4.65. The summed E-state index contributed by atoms with van der Waals surface area (Å²) in [4.78, 5) is 0. The van der Waals surface area contributed by atoms with Crippen molar-refractivity contribution in [2.75, 3.05) is 28.4 Å². The molecule has 0 saturated heterocycles. The minimum atomic E-state index is -1.41. The van der Waals surface area contributed by atoms with Crippen molar-refractivity contribution in [1.29, 1.82) is 0 Å². The van der Waals surface area contributed by atoms with Crippen LogP contribution in [-0.2, 0) is 0 Å². The quantitative estimate of drug-likeness (QED) is 0.406. The zero-order valence-electron chi connectivity index (χ0n) is 19.4. The maximum absolute atomic E-state index is 11.6. The van der Waals surface area contributed by atoms with E-state index in [0.717, 1.165) is 32.2 Å². The number of fused-ring (bicyclic) bond motifs is 1. The molecule has 0 radical (unpaired) electrons. The number of aryl methyl sites for hydroxylation is 1. The van der Waals surface area contributed by atoms with Crippen molar-refractivity contribution in [3.8, 4) is 28.7 Å². The molecule has 0 aliphatic heterocycles. The van der Waals surface area contributed by atoms with Gasteiger partial charge in [0.15, 0.2) is 0 Å². The second-order valence-electron chi connectivity index (χ2n) is 7.46. The summed E-state index contributed by atoms with van der Waals surface area (Å²) in [6, 6.07) is 21.4. The van der Waals surface area contributed by atoms with Crippen LogP contribution in [0, 0.1) is 6.92 Å². The summed E-state index contributed by atoms with van der Waals surface area (Å²) >= 11 is 0. The van der Waals surface area contributed by atoms with Crippen molar-refractivity contribution in [1.82, 2.24) is 0 Å². The molecule has 0 heterocycles. The highest BCUT2D eigenvalue weighted by atomic mass is 31.1. The minimum Gasteiger partial charge on any atom is -0.507 e. The molecule has 1 N–H and O–H groups in total. The first kappa shape index (κ1) is 22.8. The Morgan fingerprint density at radius 1 is 0.606 bits per heavy atom. The van der Waals surface area contributed by atoms with Gasteiger partial charge in [0, 0.05) is 18.6 Å². The minimum absolute atomic E-state index is 0.234. The van der Waals surface area contributed by atoms with Crippen LogP contribution < -0.4 is 34.9 Å². The van der Waals surface area contributed by atoms with Crippen molar-refractivity contribution < 1.29 is 24.1 Å². The van der Waals surface area contributed by atoms with E-state index in [1.54, 1.807) is 28.4 Å². The molecule has 0 saturated carbocycles. The van der Waals surface area contributed by atoms with Gasteiger partial charge in [-0.3, -0.25) is 0 Å². The van der Waals surface area contributed by atoms with Crippen LogP contribution in [0.3, 0.4) is 0 Å². The second kappa shape index (κ2) is 9.60. The summed E-state index contributed by atoms with van der Waals surface area (Å²) in [5.41, 5.74) is 1.00. The van der Waals surface area contributed by atoms with E-state index >= 15 is 0 Å². The Bertz CT molecular complexity index is 1200. The fraction of sp³-hybridized carbons (Fsp3) is 0.185. The number of hydrogen-bond donors (Lipinski definition) is 1. The van der Waals surface area contributed by atoms with Gasteiger partial charge in [-0.15, -0.1) is 0 Å². The molecule has 4 aromatic carbocycles. The number of hydrogen-bond acceptors (Lipinski definition) is 5. The summed E-state index contributed by atoms with van der Waals surface area (Å²) in [7, 11) is 5.13. The Hall–Kier alpha value is -3.43. The van der Waals surface area contributed by atoms with Crippen LogP contribution >= 0.6 is 7.92 Å². The number of phenolic OH excluding ortho intramolecular Hbond substituents is 1. The number of phenols is 1. The third-order valence-electron chi connectivity index (χ3n) is 5.70. The lowest BCUT2D eigenvalue weighted by Gasteiger charge is -2.27. The Balaban J connectivity index is 2.16. The Morgan fingerprint density at radius 2 is 1.06 bits per heavy atom. The number of ether oxygens (including phenoxy) is 4. The van der Waals surface area contributed by atoms with Gasteiger partial charge in [0.25, 0.3) is 0 Å². The molecule has 4 aromatic rings. The molecular weight excluding hydrogens is 435 g/mol. The summed E-state index contributed by atoms with van der Waals surface area (Å²) in [5, 5.41) is 15.9. The summed E-state index contributed by atoms with van der Waals surface area (Å²) in [6.07, 6.45) is 0. The first-order valence-electron chi connectivity index (χ1n) is 10.5. The topological polar surface area (TPSA) is 57.2 Å². The van der Waals surface area contributed by atoms with Gasteiger partial charge in [0.05, 0.1) is 39.0 Å². The van der Waals surface area contributed by atoms with E-state index in [1.807, 2.05) is 73.7 Å². The van der Waals surface area contributed by atoms with Crippen molar-refractivity contribution in [3.63, 3.8) is 0 Å². The molecule has 0 fully saturated rings. The molecule has 33 heavy (non-hydrogen) atoms. The van der Waals surface area contributed by atoms with Crippen LogP contribution in [0.1, 0.15) is 5.56 Å². The molecule has 0 aromatic heterocycles. The second-order valence-corrected chi connectivity index (χ2v) is 9.51. The molecule has 0 atom stereocenters. The highest BCUT2D eigenvalue weighted by molar-refractivity contribution is 7.80. The Kier molecular flexibility index (Phi) is 6.62. The molecule has 0 amide bonds. The standard InChI is InChI=1S/C27H27O5P/c1-17-9-6-10-18-15-16-23(25(28)24(17)18)33(26-19(29-2)11-7-12-20(26)30-3)27-21(31-4)13-8-14-22(27)32-5/h6-16,28H,1-5H3. The maximum atomic E-state index is 11.6. The van der Waals surface area contributed by atoms with Crippen LogP contribution in [0.4, 0.5) is 0 Å². The van der Waals surface area contributed by atoms with E-state index in [0.29, 0.717) is 23.0 Å². The van der Waals surface area contributed by atoms with Gasteiger partial charge in [-0.2, -0.15) is 0 Å². The van der Waals surface area contributed by atoms with Gasteiger partial charge in [-0.05, 0) is 48.2 Å². The van der Waals surface area contributed by atoms with Crippen LogP contribution in [0.25, 0.3) is 10.8 Å². The fourth-order valence-electron chi connectivity index (χ4n) is 4.17. The highest BCUT2D eigenvalue weighted by Crippen LogP contribution is 2.48. The van der Waals surface area contributed by atoms with Crippen LogP contribution in [-0.4, -0.2) is 33.5 Å². The van der Waals surface area contributed by atoms with Gasteiger partial charge in [0.2, 0.25) is 0 Å². The number of benzene rings is 4. The third-order valence-corrected chi connectivity index (χ3v) is 8.32. The molecule has 0 spiro atoms. The highest BCUT2D eigenvalue weighted by Gasteiger charge is 2.32. The zero-order chi connectivity index (χ0) is 23.5. The average molecular weight is 462 g/mol. The maximum Gasteiger partial charge on any atom is 0.131 e. The summed E-state index contributed by atoms with van der Waals surface area (Å²) in [5.74, 6) is 2.89. The Morgan fingerprint density at radius 3 is 1.52 bits per heavy atom. The van der Waals surface area contributed by atoms with E-state index in [1.165, 1.54) is 0 Å². The summed E-state index contributed by atoms with van der Waals surface area (Å²) in [6.45, 7) is 2.00.